The van der Waals surface area contributed by atoms with E-state index >= 15 is 0 Å². The molecule has 1 atom stereocenters. The third kappa shape index (κ3) is 1.99. The van der Waals surface area contributed by atoms with E-state index in [4.69, 9.17) is 5.73 Å². The fraction of sp³-hybridized carbons (Fsp3) is 1.00. The Hall–Kier alpha value is 0.210. The third-order valence-electron chi connectivity index (χ3n) is 1.43. The Morgan fingerprint density at radius 2 is 2.25 bits per heavy atom. The van der Waals surface area contributed by atoms with Gasteiger partial charge in [-0.05, 0) is 20.0 Å². The van der Waals surface area contributed by atoms with Crippen LogP contribution in [0.25, 0.3) is 0 Å². The van der Waals surface area contributed by atoms with Gasteiger partial charge in [0.05, 0.1) is 0 Å². The summed E-state index contributed by atoms with van der Waals surface area (Å²) in [5.74, 6) is 0. The normalized spacial score (nSPS) is 30.0. The largest absolute Gasteiger partial charge is 0.326 e. The van der Waals surface area contributed by atoms with Crippen LogP contribution in [0, 0.1) is 0 Å². The van der Waals surface area contributed by atoms with Crippen molar-refractivity contribution < 1.29 is 0 Å². The molecule has 1 fully saturated rings. The van der Waals surface area contributed by atoms with Gasteiger partial charge in [-0.2, -0.15) is 0 Å². The number of likely N-dealkylation sites (N-methyl/N-ethyl adjacent to an activating group) is 1. The fourth-order valence-corrected chi connectivity index (χ4v) is 0.969. The molecule has 3 heteroatoms. The van der Waals surface area contributed by atoms with Gasteiger partial charge in [0.1, 0.15) is 0 Å². The van der Waals surface area contributed by atoms with Crippen molar-refractivity contribution in [2.45, 2.75) is 12.5 Å². The second-order valence-electron chi connectivity index (χ2n) is 2.31. The van der Waals surface area contributed by atoms with Crippen molar-refractivity contribution in [3.63, 3.8) is 0 Å². The Kier molecular flexibility index (Phi) is 3.36. The van der Waals surface area contributed by atoms with Crippen molar-refractivity contribution in [1.82, 2.24) is 4.90 Å². The summed E-state index contributed by atoms with van der Waals surface area (Å²) >= 11 is 0. The first kappa shape index (κ1) is 8.21. The minimum atomic E-state index is 0. The van der Waals surface area contributed by atoms with Crippen LogP contribution in [0.2, 0.25) is 0 Å². The maximum absolute atomic E-state index is 5.58. The molecule has 1 rings (SSSR count). The second kappa shape index (κ2) is 3.28. The molecule has 0 aliphatic carbocycles. The molecule has 2 N–H and O–H groups in total. The molecule has 0 aromatic carbocycles. The molecule has 2 nitrogen and oxygen atoms in total. The van der Waals surface area contributed by atoms with Crippen LogP contribution in [0.5, 0.6) is 0 Å². The number of hydrogen-bond donors (Lipinski definition) is 1. The van der Waals surface area contributed by atoms with E-state index in [2.05, 4.69) is 11.9 Å². The summed E-state index contributed by atoms with van der Waals surface area (Å²) in [5.41, 5.74) is 5.58. The van der Waals surface area contributed by atoms with Crippen LogP contribution in [0.1, 0.15) is 6.42 Å². The Labute approximate surface area is 56.4 Å². The molecule has 0 radical (unpaired) electrons. The molecule has 0 amide bonds. The highest BCUT2D eigenvalue weighted by Gasteiger charge is 2.13. The monoisotopic (exact) mass is 136 g/mol. The first-order valence-electron chi connectivity index (χ1n) is 2.73. The lowest BCUT2D eigenvalue weighted by molar-refractivity contribution is 0.411. The molecule has 0 aromatic heterocycles. The van der Waals surface area contributed by atoms with E-state index in [1.54, 1.807) is 0 Å². The topological polar surface area (TPSA) is 29.3 Å². The predicted octanol–water partition coefficient (Wildman–Crippen LogP) is 0.0710. The average molecular weight is 137 g/mol. The van der Waals surface area contributed by atoms with Gasteiger partial charge < -0.3 is 10.6 Å². The van der Waals surface area contributed by atoms with Crippen LogP contribution >= 0.6 is 12.4 Å². The van der Waals surface area contributed by atoms with Crippen molar-refractivity contribution in [3.05, 3.63) is 0 Å². The highest BCUT2D eigenvalue weighted by molar-refractivity contribution is 5.85. The van der Waals surface area contributed by atoms with E-state index in [1.807, 2.05) is 0 Å². The highest BCUT2D eigenvalue weighted by Crippen LogP contribution is 2.01. The lowest BCUT2D eigenvalue weighted by Crippen LogP contribution is -2.23. The van der Waals surface area contributed by atoms with Gasteiger partial charge in [0, 0.05) is 12.6 Å². The number of nitrogens with two attached hydrogens (primary N) is 1. The fourth-order valence-electron chi connectivity index (χ4n) is 0.969. The lowest BCUT2D eigenvalue weighted by Gasteiger charge is -2.03. The van der Waals surface area contributed by atoms with Gasteiger partial charge in [0.2, 0.25) is 0 Å². The molecule has 0 aromatic rings. The number of likely N-dealkylation sites (tertiary alicyclic amines) is 1. The minimum Gasteiger partial charge on any atom is -0.326 e. The predicted molar refractivity (Wildman–Crippen MR) is 37.3 cm³/mol. The van der Waals surface area contributed by atoms with Crippen LogP contribution in [-0.4, -0.2) is 31.1 Å². The summed E-state index contributed by atoms with van der Waals surface area (Å²) in [5, 5.41) is 0. The summed E-state index contributed by atoms with van der Waals surface area (Å²) in [6.45, 7) is 2.27. The Balaban J connectivity index is 0.000000490. The number of halogens is 1. The first-order chi connectivity index (χ1) is 3.29. The molecular weight excluding hydrogens is 124 g/mol. The van der Waals surface area contributed by atoms with Crippen LogP contribution in [0.15, 0.2) is 0 Å². The van der Waals surface area contributed by atoms with E-state index in [9.17, 15) is 0 Å². The molecule has 0 unspecified atom stereocenters. The summed E-state index contributed by atoms with van der Waals surface area (Å²) < 4.78 is 0. The smallest absolute Gasteiger partial charge is 0.0179 e. The molecule has 1 heterocycles. The van der Waals surface area contributed by atoms with E-state index < -0.39 is 0 Å². The Morgan fingerprint density at radius 3 is 2.38 bits per heavy atom. The van der Waals surface area contributed by atoms with Crippen molar-refractivity contribution >= 4 is 12.4 Å². The zero-order chi connectivity index (χ0) is 5.28. The molecule has 0 saturated carbocycles. The summed E-state index contributed by atoms with van der Waals surface area (Å²) in [6, 6.07) is 0.449. The minimum absolute atomic E-state index is 0. The van der Waals surface area contributed by atoms with Crippen molar-refractivity contribution in [3.8, 4) is 0 Å². The number of hydrogen-bond acceptors (Lipinski definition) is 2. The lowest BCUT2D eigenvalue weighted by atomic mass is 10.3. The maximum Gasteiger partial charge on any atom is 0.0179 e. The van der Waals surface area contributed by atoms with Crippen LogP contribution < -0.4 is 5.73 Å². The van der Waals surface area contributed by atoms with Crippen molar-refractivity contribution in [2.75, 3.05) is 20.1 Å². The average Bonchev–Trinajstić information content (AvgIpc) is 1.87. The van der Waals surface area contributed by atoms with Crippen molar-refractivity contribution in [1.29, 1.82) is 0 Å². The van der Waals surface area contributed by atoms with Crippen LogP contribution in [0.4, 0.5) is 0 Å². The van der Waals surface area contributed by atoms with E-state index in [-0.39, 0.29) is 12.4 Å². The quantitative estimate of drug-likeness (QED) is 0.511. The number of rotatable bonds is 0. The van der Waals surface area contributed by atoms with Gasteiger partial charge in [-0.1, -0.05) is 0 Å². The van der Waals surface area contributed by atoms with Gasteiger partial charge in [0.15, 0.2) is 0 Å². The Bertz CT molecular complexity index is 59.4. The second-order valence-corrected chi connectivity index (χ2v) is 2.31. The van der Waals surface area contributed by atoms with Crippen LogP contribution in [0.3, 0.4) is 0 Å². The van der Waals surface area contributed by atoms with Gasteiger partial charge in [0.25, 0.3) is 0 Å². The summed E-state index contributed by atoms with van der Waals surface area (Å²) in [7, 11) is 2.10. The zero-order valence-electron chi connectivity index (χ0n) is 5.13. The van der Waals surface area contributed by atoms with Crippen molar-refractivity contribution in [2.24, 2.45) is 5.73 Å². The highest BCUT2D eigenvalue weighted by atomic mass is 35.5. The van der Waals surface area contributed by atoms with Gasteiger partial charge in [-0.25, -0.2) is 0 Å². The Morgan fingerprint density at radius 1 is 1.62 bits per heavy atom. The molecule has 1 aliphatic rings. The molecule has 8 heavy (non-hydrogen) atoms. The molecule has 1 saturated heterocycles. The molecule has 0 bridgehead atoms. The zero-order valence-corrected chi connectivity index (χ0v) is 5.95. The third-order valence-corrected chi connectivity index (χ3v) is 1.43. The van der Waals surface area contributed by atoms with E-state index in [0.717, 1.165) is 6.54 Å². The standard InChI is InChI=1S/C5H12N2.ClH/c1-7-3-2-5(6)4-7;/h5H,2-4,6H2,1H3;1H/t5-;/m1./s1. The molecule has 1 aliphatic heterocycles. The van der Waals surface area contributed by atoms with E-state index in [1.165, 1.54) is 13.0 Å². The summed E-state index contributed by atoms with van der Waals surface area (Å²) in [4.78, 5) is 2.25. The first-order valence-corrected chi connectivity index (χ1v) is 2.73. The van der Waals surface area contributed by atoms with E-state index in [0.29, 0.717) is 6.04 Å². The van der Waals surface area contributed by atoms with Crippen LogP contribution in [-0.2, 0) is 0 Å². The molecule has 50 valence electrons. The molecule has 0 spiro atoms. The van der Waals surface area contributed by atoms with Gasteiger partial charge in [-0.3, -0.25) is 0 Å². The number of nitrogens with zero attached hydrogens (tertiary/aromatic N) is 1. The molecular formula is C5H13ClN2. The van der Waals surface area contributed by atoms with Gasteiger partial charge >= 0.3 is 0 Å². The maximum atomic E-state index is 5.58. The SMILES string of the molecule is CN1CC[C@@H](N)C1.Cl. The summed E-state index contributed by atoms with van der Waals surface area (Å²) in [6.07, 6.45) is 1.18. The van der Waals surface area contributed by atoms with Gasteiger partial charge in [-0.15, -0.1) is 12.4 Å².